The highest BCUT2D eigenvalue weighted by atomic mass is 14.4. The van der Waals surface area contributed by atoms with Crippen molar-refractivity contribution < 1.29 is 0 Å². The zero-order valence-electron chi connectivity index (χ0n) is 28.2. The summed E-state index contributed by atoms with van der Waals surface area (Å²) in [5, 5.41) is 7.87. The number of benzene rings is 8. The molecule has 0 N–H and O–H groups in total. The standard InChI is InChI=1S/C49H38/c1-49(2)45-24-10-9-19-38(45)43-30-34(26-28-46(43)49)47-40-20-7-8-21-41(40)48(39-23-12-16-32-14-4-6-18-36(32)39)42-27-25-33(29-44(42)47)37-22-11-15-31-13-3-5-17-35(31)37/h3,5,7-13,15-17,19-30H,4,6,14,18H2,1-2H3. The fourth-order valence-corrected chi connectivity index (χ4v) is 9.32. The second-order valence-electron chi connectivity index (χ2n) is 14.7. The van der Waals surface area contributed by atoms with E-state index in [1.54, 1.807) is 5.56 Å². The van der Waals surface area contributed by atoms with Crippen molar-refractivity contribution in [1.29, 1.82) is 0 Å². The molecular formula is C49H38. The maximum atomic E-state index is 2.49. The lowest BCUT2D eigenvalue weighted by Crippen LogP contribution is -2.14. The minimum atomic E-state index is -0.0214. The van der Waals surface area contributed by atoms with E-state index in [4.69, 9.17) is 0 Å². The minimum Gasteiger partial charge on any atom is -0.0619 e. The average molecular weight is 627 g/mol. The lowest BCUT2D eigenvalue weighted by Gasteiger charge is -2.24. The van der Waals surface area contributed by atoms with Crippen LogP contribution in [0.4, 0.5) is 0 Å². The molecule has 0 spiro atoms. The van der Waals surface area contributed by atoms with Gasteiger partial charge >= 0.3 is 0 Å². The number of fused-ring (bicyclic) bond motifs is 7. The Labute approximate surface area is 288 Å². The molecule has 0 nitrogen and oxygen atoms in total. The summed E-state index contributed by atoms with van der Waals surface area (Å²) in [4.78, 5) is 0. The Balaban J connectivity index is 1.33. The van der Waals surface area contributed by atoms with Crippen LogP contribution in [-0.4, -0.2) is 0 Å². The molecule has 0 unspecified atom stereocenters. The van der Waals surface area contributed by atoms with Gasteiger partial charge in [0.2, 0.25) is 0 Å². The summed E-state index contributed by atoms with van der Waals surface area (Å²) < 4.78 is 0. The summed E-state index contributed by atoms with van der Waals surface area (Å²) in [5.74, 6) is 0. The van der Waals surface area contributed by atoms with Gasteiger partial charge in [-0.2, -0.15) is 0 Å². The number of hydrogen-bond donors (Lipinski definition) is 0. The smallest absolute Gasteiger partial charge is 0.0158 e. The van der Waals surface area contributed by atoms with E-state index >= 15 is 0 Å². The van der Waals surface area contributed by atoms with Crippen LogP contribution < -0.4 is 0 Å². The highest BCUT2D eigenvalue weighted by Gasteiger charge is 2.35. The van der Waals surface area contributed by atoms with Crippen molar-refractivity contribution >= 4 is 32.3 Å². The van der Waals surface area contributed by atoms with Crippen molar-refractivity contribution in [2.45, 2.75) is 44.9 Å². The zero-order valence-corrected chi connectivity index (χ0v) is 28.2. The summed E-state index contributed by atoms with van der Waals surface area (Å²) in [6.45, 7) is 4.74. The maximum absolute atomic E-state index is 2.49. The Bertz CT molecular complexity index is 2630. The first-order valence-electron chi connectivity index (χ1n) is 17.9. The van der Waals surface area contributed by atoms with E-state index in [1.165, 1.54) is 113 Å². The molecule has 0 saturated carbocycles. The van der Waals surface area contributed by atoms with E-state index in [2.05, 4.69) is 159 Å². The van der Waals surface area contributed by atoms with Gasteiger partial charge in [-0.3, -0.25) is 0 Å². The van der Waals surface area contributed by atoms with Gasteiger partial charge in [0.25, 0.3) is 0 Å². The van der Waals surface area contributed by atoms with Crippen LogP contribution >= 0.6 is 0 Å². The quantitative estimate of drug-likeness (QED) is 0.171. The maximum Gasteiger partial charge on any atom is 0.0158 e. The molecule has 0 atom stereocenters. The van der Waals surface area contributed by atoms with Gasteiger partial charge in [0.15, 0.2) is 0 Å². The van der Waals surface area contributed by atoms with Crippen LogP contribution in [0, 0.1) is 0 Å². The van der Waals surface area contributed by atoms with Crippen LogP contribution in [0.3, 0.4) is 0 Å². The molecule has 0 radical (unpaired) electrons. The molecule has 0 aromatic heterocycles. The predicted molar refractivity (Wildman–Crippen MR) is 209 cm³/mol. The second kappa shape index (κ2) is 10.8. The van der Waals surface area contributed by atoms with Gasteiger partial charge in [-0.1, -0.05) is 147 Å². The van der Waals surface area contributed by atoms with Crippen molar-refractivity contribution in [2.24, 2.45) is 0 Å². The molecule has 2 aliphatic carbocycles. The number of rotatable bonds is 3. The zero-order chi connectivity index (χ0) is 32.7. The van der Waals surface area contributed by atoms with Gasteiger partial charge in [-0.05, 0) is 137 Å². The fraction of sp³-hybridized carbons (Fsp3) is 0.143. The Kier molecular flexibility index (Phi) is 6.28. The first-order chi connectivity index (χ1) is 24.1. The molecule has 234 valence electrons. The monoisotopic (exact) mass is 626 g/mol. The average Bonchev–Trinajstić information content (AvgIpc) is 3.38. The Morgan fingerprint density at radius 3 is 1.94 bits per heavy atom. The van der Waals surface area contributed by atoms with E-state index in [1.807, 2.05) is 0 Å². The summed E-state index contributed by atoms with van der Waals surface area (Å²) in [6, 6.07) is 55.2. The molecule has 2 aliphatic rings. The molecular weight excluding hydrogens is 589 g/mol. The topological polar surface area (TPSA) is 0 Å². The number of hydrogen-bond acceptors (Lipinski definition) is 0. The molecule has 8 aromatic carbocycles. The molecule has 10 rings (SSSR count). The van der Waals surface area contributed by atoms with Gasteiger partial charge in [0.05, 0.1) is 0 Å². The molecule has 0 bridgehead atoms. The summed E-state index contributed by atoms with van der Waals surface area (Å²) in [5.41, 5.74) is 16.5. The Hall–Kier alpha value is -5.46. The van der Waals surface area contributed by atoms with Crippen LogP contribution in [-0.2, 0) is 18.3 Å². The minimum absolute atomic E-state index is 0.0214. The van der Waals surface area contributed by atoms with Crippen LogP contribution in [0.2, 0.25) is 0 Å². The molecule has 49 heavy (non-hydrogen) atoms. The van der Waals surface area contributed by atoms with E-state index in [0.717, 1.165) is 6.42 Å². The van der Waals surface area contributed by atoms with Gasteiger partial charge in [-0.25, -0.2) is 0 Å². The van der Waals surface area contributed by atoms with E-state index in [0.29, 0.717) is 0 Å². The third kappa shape index (κ3) is 4.23. The lowest BCUT2D eigenvalue weighted by atomic mass is 9.79. The summed E-state index contributed by atoms with van der Waals surface area (Å²) in [7, 11) is 0. The SMILES string of the molecule is CC1(C)c2ccccc2-c2cc(-c3c4ccccc4c(-c4cccc5c4CCCC5)c4ccc(-c5cccc6ccccc56)cc34)ccc21. The van der Waals surface area contributed by atoms with Crippen LogP contribution in [0.15, 0.2) is 146 Å². The van der Waals surface area contributed by atoms with Gasteiger partial charge in [0, 0.05) is 5.41 Å². The van der Waals surface area contributed by atoms with Crippen molar-refractivity contribution in [3.63, 3.8) is 0 Å². The van der Waals surface area contributed by atoms with Crippen molar-refractivity contribution in [1.82, 2.24) is 0 Å². The largest absolute Gasteiger partial charge is 0.0619 e. The third-order valence-corrected chi connectivity index (χ3v) is 11.7. The lowest BCUT2D eigenvalue weighted by molar-refractivity contribution is 0.660. The van der Waals surface area contributed by atoms with E-state index in [-0.39, 0.29) is 5.41 Å². The first-order valence-corrected chi connectivity index (χ1v) is 17.9. The van der Waals surface area contributed by atoms with E-state index in [9.17, 15) is 0 Å². The first kappa shape index (κ1) is 28.5. The molecule has 0 aliphatic heterocycles. The summed E-state index contributed by atoms with van der Waals surface area (Å²) in [6.07, 6.45) is 4.87. The molecule has 0 amide bonds. The number of aryl methyl sites for hydroxylation is 1. The predicted octanol–water partition coefficient (Wildman–Crippen LogP) is 13.3. The molecule has 0 heteroatoms. The molecule has 0 heterocycles. The third-order valence-electron chi connectivity index (χ3n) is 11.7. The fourth-order valence-electron chi connectivity index (χ4n) is 9.32. The Morgan fingerprint density at radius 1 is 0.408 bits per heavy atom. The molecule has 8 aromatic rings. The van der Waals surface area contributed by atoms with Gasteiger partial charge in [-0.15, -0.1) is 0 Å². The van der Waals surface area contributed by atoms with Gasteiger partial charge in [0.1, 0.15) is 0 Å². The highest BCUT2D eigenvalue weighted by molar-refractivity contribution is 6.22. The van der Waals surface area contributed by atoms with Crippen molar-refractivity contribution in [3.05, 3.63) is 168 Å². The normalized spacial score (nSPS) is 14.6. The van der Waals surface area contributed by atoms with E-state index < -0.39 is 0 Å². The van der Waals surface area contributed by atoms with Crippen molar-refractivity contribution in [3.8, 4) is 44.5 Å². The second-order valence-corrected chi connectivity index (χ2v) is 14.7. The van der Waals surface area contributed by atoms with Crippen LogP contribution in [0.25, 0.3) is 76.8 Å². The van der Waals surface area contributed by atoms with Crippen molar-refractivity contribution in [2.75, 3.05) is 0 Å². The van der Waals surface area contributed by atoms with Gasteiger partial charge < -0.3 is 0 Å². The van der Waals surface area contributed by atoms with Crippen LogP contribution in [0.1, 0.15) is 48.9 Å². The highest BCUT2D eigenvalue weighted by Crippen LogP contribution is 2.52. The Morgan fingerprint density at radius 2 is 1.04 bits per heavy atom. The molecule has 0 saturated heterocycles. The molecule has 0 fully saturated rings. The van der Waals surface area contributed by atoms with Crippen LogP contribution in [0.5, 0.6) is 0 Å². The summed E-state index contributed by atoms with van der Waals surface area (Å²) >= 11 is 0.